The molecule has 0 aliphatic rings. The Morgan fingerprint density at radius 3 is 2.37 bits per heavy atom. The highest BCUT2D eigenvalue weighted by Gasteiger charge is 2.28. The molecule has 112 valence electrons. The van der Waals surface area contributed by atoms with Crippen molar-refractivity contribution in [1.29, 1.82) is 0 Å². The number of nitrogens with zero attached hydrogens (tertiary/aromatic N) is 1. The van der Waals surface area contributed by atoms with Crippen molar-refractivity contribution in [2.45, 2.75) is 32.7 Å². The van der Waals surface area contributed by atoms with Gasteiger partial charge >= 0.3 is 12.0 Å². The lowest BCUT2D eigenvalue weighted by Gasteiger charge is -2.34. The van der Waals surface area contributed by atoms with Gasteiger partial charge in [-0.2, -0.15) is 0 Å². The fraction of sp³-hybridized carbons (Fsp3) is 0.818. The van der Waals surface area contributed by atoms with Gasteiger partial charge < -0.3 is 20.1 Å². The molecular formula is C11H20F2N2O4. The molecule has 0 radical (unpaired) electrons. The first kappa shape index (κ1) is 17.6. The zero-order valence-corrected chi connectivity index (χ0v) is 11.3. The van der Waals surface area contributed by atoms with Crippen LogP contribution in [0.2, 0.25) is 0 Å². The van der Waals surface area contributed by atoms with Gasteiger partial charge in [-0.05, 0) is 20.8 Å². The van der Waals surface area contributed by atoms with Crippen molar-refractivity contribution in [3.8, 4) is 0 Å². The summed E-state index contributed by atoms with van der Waals surface area (Å²) in [6.45, 7) is 3.95. The maximum atomic E-state index is 11.8. The van der Waals surface area contributed by atoms with Crippen LogP contribution in [-0.4, -0.2) is 60.3 Å². The van der Waals surface area contributed by atoms with Gasteiger partial charge in [0.25, 0.3) is 6.43 Å². The molecule has 0 spiro atoms. The highest BCUT2D eigenvalue weighted by molar-refractivity contribution is 5.80. The van der Waals surface area contributed by atoms with Crippen LogP contribution in [-0.2, 0) is 9.53 Å². The van der Waals surface area contributed by atoms with Crippen LogP contribution in [0.1, 0.15) is 20.8 Å². The molecule has 2 amide bonds. The van der Waals surface area contributed by atoms with Crippen LogP contribution >= 0.6 is 0 Å². The Labute approximate surface area is 110 Å². The van der Waals surface area contributed by atoms with Crippen LogP contribution in [0.4, 0.5) is 13.6 Å². The number of carbonyl (C=O) groups excluding carboxylic acids is 1. The summed E-state index contributed by atoms with van der Waals surface area (Å²) in [7, 11) is 0. The largest absolute Gasteiger partial charge is 0.480 e. The monoisotopic (exact) mass is 282 g/mol. The minimum atomic E-state index is -2.55. The minimum Gasteiger partial charge on any atom is -0.480 e. The number of hydrogen-bond acceptors (Lipinski definition) is 3. The Bertz CT molecular complexity index is 306. The first-order valence-electron chi connectivity index (χ1n) is 5.77. The number of carbonyl (C=O) groups is 2. The van der Waals surface area contributed by atoms with Crippen molar-refractivity contribution >= 4 is 12.0 Å². The number of urea groups is 1. The Morgan fingerprint density at radius 2 is 1.95 bits per heavy atom. The third kappa shape index (κ3) is 8.30. The lowest BCUT2D eigenvalue weighted by Crippen LogP contribution is -2.52. The summed E-state index contributed by atoms with van der Waals surface area (Å²) in [6, 6.07) is -0.574. The lowest BCUT2D eigenvalue weighted by molar-refractivity contribution is -0.138. The number of rotatable bonds is 7. The smallest absolute Gasteiger partial charge is 0.323 e. The van der Waals surface area contributed by atoms with Gasteiger partial charge in [0.1, 0.15) is 13.2 Å². The van der Waals surface area contributed by atoms with Gasteiger partial charge in [-0.1, -0.05) is 0 Å². The number of amides is 2. The van der Waals surface area contributed by atoms with Gasteiger partial charge in [-0.25, -0.2) is 13.6 Å². The number of aliphatic carboxylic acids is 1. The number of nitrogens with one attached hydrogen (secondary N) is 1. The topological polar surface area (TPSA) is 78.9 Å². The van der Waals surface area contributed by atoms with Crippen molar-refractivity contribution in [3.05, 3.63) is 0 Å². The molecular weight excluding hydrogens is 262 g/mol. The molecule has 0 aromatic heterocycles. The molecule has 0 fully saturated rings. The van der Waals surface area contributed by atoms with Gasteiger partial charge in [0.2, 0.25) is 0 Å². The van der Waals surface area contributed by atoms with Gasteiger partial charge in [0.15, 0.2) is 0 Å². The molecule has 8 heteroatoms. The maximum absolute atomic E-state index is 11.8. The molecule has 0 heterocycles. The standard InChI is InChI=1S/C11H20F2N2O4/c1-11(2,3)15(6-9(16)17)10(18)14-4-5-19-7-8(12)13/h8H,4-7H2,1-3H3,(H,14,18)(H,16,17). The minimum absolute atomic E-state index is 0.0394. The number of ether oxygens (including phenoxy) is 1. The van der Waals surface area contributed by atoms with Gasteiger partial charge in [-0.15, -0.1) is 0 Å². The molecule has 0 aromatic rings. The molecule has 0 saturated heterocycles. The van der Waals surface area contributed by atoms with Crippen LogP contribution in [0.25, 0.3) is 0 Å². The number of carboxylic acid groups (broad SMARTS) is 1. The summed E-state index contributed by atoms with van der Waals surface area (Å²) in [5, 5.41) is 11.2. The van der Waals surface area contributed by atoms with E-state index in [0.29, 0.717) is 0 Å². The predicted octanol–water partition coefficient (Wildman–Crippen LogP) is 1.16. The fourth-order valence-electron chi connectivity index (χ4n) is 1.25. The highest BCUT2D eigenvalue weighted by Crippen LogP contribution is 2.12. The second-order valence-corrected chi connectivity index (χ2v) is 4.85. The molecule has 0 atom stereocenters. The van der Waals surface area contributed by atoms with E-state index >= 15 is 0 Å². The molecule has 0 rings (SSSR count). The second kappa shape index (κ2) is 7.88. The first-order chi connectivity index (χ1) is 8.64. The SMILES string of the molecule is CC(C)(C)N(CC(=O)O)C(=O)NCCOCC(F)F. The van der Waals surface area contributed by atoms with Crippen LogP contribution in [0.15, 0.2) is 0 Å². The van der Waals surface area contributed by atoms with E-state index in [1.54, 1.807) is 20.8 Å². The molecule has 19 heavy (non-hydrogen) atoms. The highest BCUT2D eigenvalue weighted by atomic mass is 19.3. The van der Waals surface area contributed by atoms with Crippen molar-refractivity contribution in [2.75, 3.05) is 26.3 Å². The van der Waals surface area contributed by atoms with E-state index in [9.17, 15) is 18.4 Å². The van der Waals surface area contributed by atoms with Crippen molar-refractivity contribution < 1.29 is 28.2 Å². The summed E-state index contributed by atoms with van der Waals surface area (Å²) < 4.78 is 28.1. The van der Waals surface area contributed by atoms with E-state index in [1.165, 1.54) is 0 Å². The summed E-state index contributed by atoms with van der Waals surface area (Å²) in [5.41, 5.74) is -0.660. The molecule has 0 bridgehead atoms. The second-order valence-electron chi connectivity index (χ2n) is 4.85. The maximum Gasteiger partial charge on any atom is 0.323 e. The third-order valence-corrected chi connectivity index (χ3v) is 2.11. The summed E-state index contributed by atoms with van der Waals surface area (Å²) >= 11 is 0. The van der Waals surface area contributed by atoms with E-state index in [-0.39, 0.29) is 13.2 Å². The average molecular weight is 282 g/mol. The van der Waals surface area contributed by atoms with Gasteiger partial charge in [0.05, 0.1) is 6.61 Å². The zero-order valence-electron chi connectivity index (χ0n) is 11.3. The lowest BCUT2D eigenvalue weighted by atomic mass is 10.1. The Balaban J connectivity index is 4.16. The Hall–Kier alpha value is -1.44. The molecule has 0 unspecified atom stereocenters. The quantitative estimate of drug-likeness (QED) is 0.687. The van der Waals surface area contributed by atoms with E-state index in [1.807, 2.05) is 0 Å². The average Bonchev–Trinajstić information content (AvgIpc) is 2.23. The van der Waals surface area contributed by atoms with E-state index in [4.69, 9.17) is 5.11 Å². The van der Waals surface area contributed by atoms with Crippen LogP contribution in [0.3, 0.4) is 0 Å². The van der Waals surface area contributed by atoms with E-state index in [0.717, 1.165) is 4.90 Å². The Morgan fingerprint density at radius 1 is 1.37 bits per heavy atom. The van der Waals surface area contributed by atoms with E-state index < -0.39 is 37.1 Å². The molecule has 0 aliphatic carbocycles. The summed E-state index contributed by atoms with van der Waals surface area (Å²) in [4.78, 5) is 23.6. The van der Waals surface area contributed by atoms with Gasteiger partial charge in [0, 0.05) is 12.1 Å². The van der Waals surface area contributed by atoms with Crippen molar-refractivity contribution in [3.63, 3.8) is 0 Å². The molecule has 0 aromatic carbocycles. The predicted molar refractivity (Wildman–Crippen MR) is 64.3 cm³/mol. The van der Waals surface area contributed by atoms with Gasteiger partial charge in [-0.3, -0.25) is 4.79 Å². The first-order valence-corrected chi connectivity index (χ1v) is 5.77. The Kier molecular flexibility index (Phi) is 7.28. The van der Waals surface area contributed by atoms with Crippen LogP contribution in [0, 0.1) is 0 Å². The van der Waals surface area contributed by atoms with Crippen molar-refractivity contribution in [1.82, 2.24) is 10.2 Å². The molecule has 0 saturated carbocycles. The molecule has 0 aliphatic heterocycles. The number of halogens is 2. The van der Waals surface area contributed by atoms with Crippen LogP contribution < -0.4 is 5.32 Å². The zero-order chi connectivity index (χ0) is 15.1. The molecule has 6 nitrogen and oxygen atoms in total. The third-order valence-electron chi connectivity index (χ3n) is 2.11. The normalized spacial score (nSPS) is 11.5. The van der Waals surface area contributed by atoms with Crippen molar-refractivity contribution in [2.24, 2.45) is 0 Å². The molecule has 2 N–H and O–H groups in total. The number of hydrogen-bond donors (Lipinski definition) is 2. The van der Waals surface area contributed by atoms with Crippen LogP contribution in [0.5, 0.6) is 0 Å². The van der Waals surface area contributed by atoms with E-state index in [2.05, 4.69) is 10.1 Å². The number of carboxylic acids is 1. The summed E-state index contributed by atoms with van der Waals surface area (Å²) in [5.74, 6) is -1.13. The fourth-order valence-corrected chi connectivity index (χ4v) is 1.25. The number of alkyl halides is 2. The summed E-state index contributed by atoms with van der Waals surface area (Å²) in [6.07, 6.45) is -2.55.